The highest BCUT2D eigenvalue weighted by molar-refractivity contribution is 7.89. The number of carbonyl (C=O) groups is 1. The van der Waals surface area contributed by atoms with Crippen LogP contribution in [0.4, 0.5) is 0 Å². The number of morpholine rings is 1. The fourth-order valence-corrected chi connectivity index (χ4v) is 4.55. The highest BCUT2D eigenvalue weighted by Crippen LogP contribution is 2.16. The highest BCUT2D eigenvalue weighted by atomic mass is 32.2. The van der Waals surface area contributed by atoms with Gasteiger partial charge in [-0.2, -0.15) is 0 Å². The van der Waals surface area contributed by atoms with Crippen molar-refractivity contribution in [3.63, 3.8) is 0 Å². The number of ether oxygens (including phenoxy) is 1. The van der Waals surface area contributed by atoms with Crippen LogP contribution in [0.3, 0.4) is 0 Å². The predicted octanol–water partition coefficient (Wildman–Crippen LogP) is 0.334. The lowest BCUT2D eigenvalue weighted by Crippen LogP contribution is -2.49. The fraction of sp³-hybridized carbons (Fsp3) is 0.588. The van der Waals surface area contributed by atoms with Gasteiger partial charge in [0.1, 0.15) is 0 Å². The second-order valence-corrected chi connectivity index (χ2v) is 8.23. The van der Waals surface area contributed by atoms with Gasteiger partial charge < -0.3 is 15.0 Å². The van der Waals surface area contributed by atoms with Gasteiger partial charge in [-0.05, 0) is 25.0 Å². The van der Waals surface area contributed by atoms with E-state index in [0.717, 1.165) is 6.54 Å². The Morgan fingerprint density at radius 2 is 1.96 bits per heavy atom. The van der Waals surface area contributed by atoms with Crippen LogP contribution >= 0.6 is 0 Å². The molecule has 2 fully saturated rings. The molecule has 0 aliphatic carbocycles. The minimum Gasteiger partial charge on any atom is -0.378 e. The number of hydrogen-bond acceptors (Lipinski definition) is 5. The number of carbonyl (C=O) groups excluding carboxylic acids is 1. The molecule has 1 unspecified atom stereocenters. The Hall–Kier alpha value is -1.48. The van der Waals surface area contributed by atoms with E-state index in [1.165, 1.54) is 0 Å². The van der Waals surface area contributed by atoms with Gasteiger partial charge in [0.25, 0.3) is 0 Å². The average Bonchev–Trinajstić information content (AvgIpc) is 2.63. The van der Waals surface area contributed by atoms with E-state index in [-0.39, 0.29) is 22.9 Å². The summed E-state index contributed by atoms with van der Waals surface area (Å²) in [7, 11) is -3.50. The fourth-order valence-electron chi connectivity index (χ4n) is 3.22. The Morgan fingerprint density at radius 1 is 1.24 bits per heavy atom. The number of piperidine rings is 1. The Bertz CT molecular complexity index is 666. The van der Waals surface area contributed by atoms with E-state index in [1.807, 2.05) is 4.90 Å². The molecule has 1 aromatic rings. The molecule has 138 valence electrons. The number of rotatable bonds is 5. The standard InChI is InChI=1S/C17H25N3O4S/c21-17(12-15-13-24-11-8-18-15)20-9-6-14(7-10-20)19-25(22,23)16-4-2-1-3-5-16/h1-5,14-15,18-19H,6-13H2. The van der Waals surface area contributed by atoms with Crippen LogP contribution in [-0.4, -0.2) is 64.2 Å². The van der Waals surface area contributed by atoms with Gasteiger partial charge in [0, 0.05) is 38.1 Å². The van der Waals surface area contributed by atoms with Crippen molar-refractivity contribution < 1.29 is 17.9 Å². The predicted molar refractivity (Wildman–Crippen MR) is 93.6 cm³/mol. The first-order chi connectivity index (χ1) is 12.0. The normalized spacial score (nSPS) is 22.7. The Labute approximate surface area is 148 Å². The van der Waals surface area contributed by atoms with Gasteiger partial charge in [0.15, 0.2) is 0 Å². The zero-order chi connectivity index (χ0) is 17.7. The molecule has 25 heavy (non-hydrogen) atoms. The summed E-state index contributed by atoms with van der Waals surface area (Å²) in [5.41, 5.74) is 0. The smallest absolute Gasteiger partial charge is 0.240 e. The van der Waals surface area contributed by atoms with E-state index in [4.69, 9.17) is 4.74 Å². The molecular formula is C17H25N3O4S. The van der Waals surface area contributed by atoms with Crippen LogP contribution in [0.15, 0.2) is 35.2 Å². The third-order valence-electron chi connectivity index (χ3n) is 4.64. The lowest BCUT2D eigenvalue weighted by atomic mass is 10.0. The molecule has 2 aliphatic rings. The molecule has 1 aromatic carbocycles. The first kappa shape index (κ1) is 18.3. The van der Waals surface area contributed by atoms with Crippen molar-refractivity contribution in [2.45, 2.75) is 36.2 Å². The zero-order valence-electron chi connectivity index (χ0n) is 14.2. The van der Waals surface area contributed by atoms with Crippen LogP contribution in [0.2, 0.25) is 0 Å². The lowest BCUT2D eigenvalue weighted by molar-refractivity contribution is -0.133. The Kier molecular flexibility index (Phi) is 6.06. The van der Waals surface area contributed by atoms with Gasteiger partial charge in [0.05, 0.1) is 18.1 Å². The third kappa shape index (κ3) is 5.01. The molecule has 0 saturated carbocycles. The van der Waals surface area contributed by atoms with E-state index >= 15 is 0 Å². The summed E-state index contributed by atoms with van der Waals surface area (Å²) in [5.74, 6) is 0.104. The molecule has 0 spiro atoms. The SMILES string of the molecule is O=C(CC1COCCN1)N1CCC(NS(=O)(=O)c2ccccc2)CC1. The number of amides is 1. The summed E-state index contributed by atoms with van der Waals surface area (Å²) < 4.78 is 32.9. The summed E-state index contributed by atoms with van der Waals surface area (Å²) in [6, 6.07) is 8.31. The number of nitrogens with zero attached hydrogens (tertiary/aromatic N) is 1. The number of hydrogen-bond donors (Lipinski definition) is 2. The summed E-state index contributed by atoms with van der Waals surface area (Å²) >= 11 is 0. The molecule has 2 N–H and O–H groups in total. The zero-order valence-corrected chi connectivity index (χ0v) is 15.0. The van der Waals surface area contributed by atoms with E-state index in [9.17, 15) is 13.2 Å². The van der Waals surface area contributed by atoms with Gasteiger partial charge >= 0.3 is 0 Å². The second-order valence-electron chi connectivity index (χ2n) is 6.52. The number of likely N-dealkylation sites (tertiary alicyclic amines) is 1. The molecule has 0 bridgehead atoms. The highest BCUT2D eigenvalue weighted by Gasteiger charge is 2.28. The summed E-state index contributed by atoms with van der Waals surface area (Å²) in [6.45, 7) is 3.20. The number of nitrogens with one attached hydrogen (secondary N) is 2. The molecule has 0 aromatic heterocycles. The van der Waals surface area contributed by atoms with Crippen LogP contribution in [0.1, 0.15) is 19.3 Å². The summed E-state index contributed by atoms with van der Waals surface area (Å²) in [6.07, 6.45) is 1.69. The first-order valence-corrected chi connectivity index (χ1v) is 10.2. The van der Waals surface area contributed by atoms with Gasteiger partial charge in [-0.3, -0.25) is 4.79 Å². The van der Waals surface area contributed by atoms with Crippen LogP contribution in [0, 0.1) is 0 Å². The molecule has 2 saturated heterocycles. The molecule has 1 amide bonds. The molecule has 0 radical (unpaired) electrons. The van der Waals surface area contributed by atoms with Crippen molar-refractivity contribution in [2.24, 2.45) is 0 Å². The Balaban J connectivity index is 1.47. The van der Waals surface area contributed by atoms with E-state index in [1.54, 1.807) is 30.3 Å². The molecule has 7 nitrogen and oxygen atoms in total. The van der Waals surface area contributed by atoms with Gasteiger partial charge in [-0.1, -0.05) is 18.2 Å². The van der Waals surface area contributed by atoms with Crippen molar-refractivity contribution in [3.8, 4) is 0 Å². The third-order valence-corrected chi connectivity index (χ3v) is 6.18. The molecule has 2 aliphatic heterocycles. The van der Waals surface area contributed by atoms with Crippen molar-refractivity contribution in [2.75, 3.05) is 32.8 Å². The van der Waals surface area contributed by atoms with E-state index in [2.05, 4.69) is 10.0 Å². The van der Waals surface area contributed by atoms with Crippen molar-refractivity contribution in [3.05, 3.63) is 30.3 Å². The van der Waals surface area contributed by atoms with Crippen molar-refractivity contribution in [1.82, 2.24) is 14.9 Å². The summed E-state index contributed by atoms with van der Waals surface area (Å²) in [5, 5.41) is 3.28. The molecule has 1 atom stereocenters. The van der Waals surface area contributed by atoms with Gasteiger partial charge in [0.2, 0.25) is 15.9 Å². The first-order valence-electron chi connectivity index (χ1n) is 8.71. The van der Waals surface area contributed by atoms with E-state index < -0.39 is 10.0 Å². The number of sulfonamides is 1. The van der Waals surface area contributed by atoms with Crippen molar-refractivity contribution in [1.29, 1.82) is 0 Å². The monoisotopic (exact) mass is 367 g/mol. The molecule has 2 heterocycles. The maximum Gasteiger partial charge on any atom is 0.240 e. The van der Waals surface area contributed by atoms with Crippen LogP contribution in [0.5, 0.6) is 0 Å². The van der Waals surface area contributed by atoms with Crippen molar-refractivity contribution >= 4 is 15.9 Å². The number of benzene rings is 1. The van der Waals surface area contributed by atoms with Crippen LogP contribution in [-0.2, 0) is 19.6 Å². The summed E-state index contributed by atoms with van der Waals surface area (Å²) in [4.78, 5) is 14.5. The minimum absolute atomic E-state index is 0.0792. The average molecular weight is 367 g/mol. The van der Waals surface area contributed by atoms with Crippen LogP contribution < -0.4 is 10.0 Å². The van der Waals surface area contributed by atoms with Crippen LogP contribution in [0.25, 0.3) is 0 Å². The molecule has 3 rings (SSSR count). The topological polar surface area (TPSA) is 87.7 Å². The van der Waals surface area contributed by atoms with Gasteiger partial charge in [-0.15, -0.1) is 0 Å². The lowest BCUT2D eigenvalue weighted by Gasteiger charge is -2.33. The van der Waals surface area contributed by atoms with Gasteiger partial charge in [-0.25, -0.2) is 13.1 Å². The maximum atomic E-state index is 12.4. The quantitative estimate of drug-likeness (QED) is 0.783. The largest absolute Gasteiger partial charge is 0.378 e. The Morgan fingerprint density at radius 3 is 2.60 bits per heavy atom. The molecule has 8 heteroatoms. The maximum absolute atomic E-state index is 12.4. The second kappa shape index (κ2) is 8.27. The minimum atomic E-state index is -3.50. The molecular weight excluding hydrogens is 342 g/mol. The van der Waals surface area contributed by atoms with E-state index in [0.29, 0.717) is 45.6 Å².